The van der Waals surface area contributed by atoms with Gasteiger partial charge in [0.05, 0.1) is 42.9 Å². The minimum atomic E-state index is -1.02. The van der Waals surface area contributed by atoms with Crippen LogP contribution in [0.5, 0.6) is 0 Å². The van der Waals surface area contributed by atoms with E-state index in [1.54, 1.807) is 69.0 Å². The van der Waals surface area contributed by atoms with Gasteiger partial charge < -0.3 is 50.8 Å². The fourth-order valence-corrected chi connectivity index (χ4v) is 9.80. The van der Waals surface area contributed by atoms with Crippen LogP contribution >= 0.6 is 0 Å². The number of rotatable bonds is 28. The van der Waals surface area contributed by atoms with Gasteiger partial charge in [-0.25, -0.2) is 4.79 Å². The van der Waals surface area contributed by atoms with E-state index in [-0.39, 0.29) is 72.7 Å². The number of carbonyl (C=O) groups excluding carboxylic acids is 7. The minimum Gasteiger partial charge on any atom is -0.445 e. The van der Waals surface area contributed by atoms with Crippen LogP contribution in [0.4, 0.5) is 10.5 Å². The van der Waals surface area contributed by atoms with E-state index in [1.165, 1.54) is 19.1 Å². The Bertz CT molecular complexity index is 2140. The van der Waals surface area contributed by atoms with Crippen molar-refractivity contribution in [1.29, 1.82) is 0 Å². The number of aliphatic hydroxyl groups is 1. The number of methoxy groups -OCH3 is 2. The molecule has 0 unspecified atom stereocenters. The van der Waals surface area contributed by atoms with Crippen molar-refractivity contribution in [2.24, 2.45) is 41.2 Å². The smallest absolute Gasteiger partial charge is 0.410 e. The summed E-state index contributed by atoms with van der Waals surface area (Å²) in [4.78, 5) is 100. The molecule has 0 radical (unpaired) electrons. The number of ether oxygens (including phenoxy) is 3. The van der Waals surface area contributed by atoms with Gasteiger partial charge in [0, 0.05) is 52.9 Å². The maximum absolute atomic E-state index is 14.7. The number of nitrogens with two attached hydrogens (primary N) is 1. The average molecular weight is 1040 g/mol. The third kappa shape index (κ3) is 17.0. The van der Waals surface area contributed by atoms with Crippen LogP contribution in [0.1, 0.15) is 125 Å². The van der Waals surface area contributed by atoms with Gasteiger partial charge in [0.2, 0.25) is 29.5 Å². The number of nitrogens with zero attached hydrogens (tertiary/aromatic N) is 3. The van der Waals surface area contributed by atoms with Crippen molar-refractivity contribution >= 4 is 47.1 Å². The summed E-state index contributed by atoms with van der Waals surface area (Å²) in [6.45, 7) is 20.4. The van der Waals surface area contributed by atoms with Gasteiger partial charge in [0.15, 0.2) is 0 Å². The highest BCUT2D eigenvalue weighted by molar-refractivity contribution is 5.97. The molecule has 18 nitrogen and oxygen atoms in total. The fraction of sp³-hybridized carbons (Fsp3) is 0.661. The quantitative estimate of drug-likeness (QED) is 0.0651. The molecular formula is C56H89N7O11. The van der Waals surface area contributed by atoms with E-state index >= 15 is 0 Å². The highest BCUT2D eigenvalue weighted by Gasteiger charge is 2.44. The lowest BCUT2D eigenvalue weighted by molar-refractivity contribution is -0.148. The highest BCUT2D eigenvalue weighted by Crippen LogP contribution is 2.32. The van der Waals surface area contributed by atoms with Crippen molar-refractivity contribution in [3.63, 3.8) is 0 Å². The summed E-state index contributed by atoms with van der Waals surface area (Å²) < 4.78 is 17.7. The van der Waals surface area contributed by atoms with E-state index in [0.717, 1.165) is 12.0 Å². The molecule has 2 aromatic rings. The Morgan fingerprint density at radius 1 is 0.757 bits per heavy atom. The van der Waals surface area contributed by atoms with Gasteiger partial charge in [-0.05, 0) is 72.6 Å². The summed E-state index contributed by atoms with van der Waals surface area (Å²) in [6.07, 6.45) is -0.762. The first kappa shape index (κ1) is 62.9. The maximum atomic E-state index is 14.7. The zero-order valence-corrected chi connectivity index (χ0v) is 46.8. The second-order valence-electron chi connectivity index (χ2n) is 21.4. The van der Waals surface area contributed by atoms with Crippen LogP contribution in [0, 0.1) is 35.5 Å². The van der Waals surface area contributed by atoms with E-state index in [9.17, 15) is 38.7 Å². The Hall–Kier alpha value is -5.43. The second kappa shape index (κ2) is 29.6. The van der Waals surface area contributed by atoms with E-state index in [4.69, 9.17) is 19.9 Å². The molecule has 74 heavy (non-hydrogen) atoms. The topological polar surface area (TPSA) is 239 Å². The number of aliphatic hydroxyl groups excluding tert-OH is 1. The molecule has 0 spiro atoms. The van der Waals surface area contributed by atoms with E-state index in [2.05, 4.69) is 16.0 Å². The average Bonchev–Trinajstić information content (AvgIpc) is 3.86. The summed E-state index contributed by atoms with van der Waals surface area (Å²) in [7, 11) is 6.20. The molecule has 18 heteroatoms. The molecule has 6 N–H and O–H groups in total. The molecule has 6 amide bonds. The van der Waals surface area contributed by atoms with Gasteiger partial charge in [0.25, 0.3) is 0 Å². The maximum Gasteiger partial charge on any atom is 0.410 e. The van der Waals surface area contributed by atoms with Gasteiger partial charge >= 0.3 is 6.09 Å². The number of Topliss-reactive ketones (excluding diaryl/α,β-unsaturated/α-hetero) is 1. The SMILES string of the molecule is CC[C@H](C)[C@@H]([C@@H](CC(=O)N1CCC[C@H]1[C@H](OC)[C@@H](C)C(=O)C[C@H](C)[C@@H](O)c1ccccc1)OC)N(C)C(=O)[C@@H](NC(=O)[C@H](C(C)C)N(C)C(=O)OCc1ccc(NC(=O)[C@H](C)NC(=O)[C@@H](N)C(C)C)cc1)C(C)C. The summed E-state index contributed by atoms with van der Waals surface area (Å²) in [5.74, 6) is -3.90. The summed E-state index contributed by atoms with van der Waals surface area (Å²) in [5, 5.41) is 19.3. The number of amides is 6. The lowest BCUT2D eigenvalue weighted by Crippen LogP contribution is -2.60. The van der Waals surface area contributed by atoms with Crippen LogP contribution < -0.4 is 21.7 Å². The van der Waals surface area contributed by atoms with Crippen LogP contribution in [0.2, 0.25) is 0 Å². The van der Waals surface area contributed by atoms with E-state index in [0.29, 0.717) is 30.6 Å². The van der Waals surface area contributed by atoms with Crippen molar-refractivity contribution in [3.8, 4) is 0 Å². The Morgan fingerprint density at radius 3 is 1.92 bits per heavy atom. The molecule has 414 valence electrons. The molecule has 2 aromatic carbocycles. The summed E-state index contributed by atoms with van der Waals surface area (Å²) in [5.41, 5.74) is 7.72. The second-order valence-corrected chi connectivity index (χ2v) is 21.4. The molecule has 0 bridgehead atoms. The molecule has 0 aliphatic carbocycles. The molecule has 0 aromatic heterocycles. The third-order valence-electron chi connectivity index (χ3n) is 14.7. The number of likely N-dealkylation sites (tertiary alicyclic amines) is 1. The number of carbonyl (C=O) groups is 7. The van der Waals surface area contributed by atoms with Crippen molar-refractivity contribution < 1.29 is 52.9 Å². The molecule has 1 aliphatic rings. The number of nitrogens with one attached hydrogen (secondary N) is 3. The summed E-state index contributed by atoms with van der Waals surface area (Å²) in [6, 6.07) is 11.3. The molecule has 12 atom stereocenters. The van der Waals surface area contributed by atoms with Crippen molar-refractivity contribution in [2.45, 2.75) is 169 Å². The number of likely N-dealkylation sites (N-methyl/N-ethyl adjacent to an activating group) is 2. The predicted octanol–water partition coefficient (Wildman–Crippen LogP) is 6.10. The van der Waals surface area contributed by atoms with Gasteiger partial charge in [-0.1, -0.05) is 118 Å². The normalized spacial score (nSPS) is 18.2. The lowest BCUT2D eigenvalue weighted by atomic mass is 9.85. The van der Waals surface area contributed by atoms with Crippen molar-refractivity contribution in [3.05, 3.63) is 65.7 Å². The zero-order valence-electron chi connectivity index (χ0n) is 46.8. The standard InChI is InChI=1S/C56H89N7O11/c1-16-35(8)49(44(72-14)30-45(65)63-28-20-23-42(63)51(73-15)37(10)43(64)29-36(9)50(66)40-21-18-17-19-22-40)61(12)55(70)47(33(4)5)60-54(69)48(34(6)7)62(13)56(71)74-31-39-24-26-41(27-25-39)59-52(67)38(11)58-53(68)46(57)32(2)3/h17-19,21-22,24-27,32-38,42,44,46-51,66H,16,20,23,28-31,57H2,1-15H3,(H,58,68)(H,59,67)(H,60,69)/t35-,36-,37-,38-,42-,44+,46-,47-,48-,49-,50+,51+/m0/s1. The van der Waals surface area contributed by atoms with Gasteiger partial charge in [-0.2, -0.15) is 0 Å². The van der Waals surface area contributed by atoms with Crippen LogP contribution in [0.25, 0.3) is 0 Å². The van der Waals surface area contributed by atoms with Gasteiger partial charge in [-0.3, -0.25) is 33.7 Å². The number of hydrogen-bond donors (Lipinski definition) is 5. The van der Waals surface area contributed by atoms with Crippen LogP contribution in [0.3, 0.4) is 0 Å². The van der Waals surface area contributed by atoms with E-state index in [1.807, 2.05) is 85.7 Å². The van der Waals surface area contributed by atoms with Crippen molar-refractivity contribution in [2.75, 3.05) is 40.2 Å². The number of hydrogen-bond acceptors (Lipinski definition) is 12. The first-order valence-electron chi connectivity index (χ1n) is 26.3. The number of anilines is 1. The Kier molecular flexibility index (Phi) is 25.2. The Labute approximate surface area is 440 Å². The molecule has 1 fully saturated rings. The predicted molar refractivity (Wildman–Crippen MR) is 285 cm³/mol. The number of benzene rings is 2. The number of ketones is 1. The molecule has 1 heterocycles. The highest BCUT2D eigenvalue weighted by atomic mass is 16.6. The minimum absolute atomic E-state index is 0.0464. The van der Waals surface area contributed by atoms with Crippen LogP contribution in [-0.2, 0) is 49.6 Å². The third-order valence-corrected chi connectivity index (χ3v) is 14.7. The molecular weight excluding hydrogens is 947 g/mol. The Morgan fingerprint density at radius 2 is 1.38 bits per heavy atom. The fourth-order valence-electron chi connectivity index (χ4n) is 9.80. The van der Waals surface area contributed by atoms with Gasteiger partial charge in [0.1, 0.15) is 30.5 Å². The van der Waals surface area contributed by atoms with Gasteiger partial charge in [-0.15, -0.1) is 0 Å². The molecule has 0 saturated carbocycles. The Balaban J connectivity index is 1.69. The lowest BCUT2D eigenvalue weighted by Gasteiger charge is -2.41. The first-order valence-corrected chi connectivity index (χ1v) is 26.3. The first-order chi connectivity index (χ1) is 34.8. The van der Waals surface area contributed by atoms with E-state index < -0.39 is 78.3 Å². The van der Waals surface area contributed by atoms with Crippen LogP contribution in [0.15, 0.2) is 54.6 Å². The molecule has 3 rings (SSSR count). The summed E-state index contributed by atoms with van der Waals surface area (Å²) >= 11 is 0. The monoisotopic (exact) mass is 1040 g/mol. The molecule has 1 aliphatic heterocycles. The van der Waals surface area contributed by atoms with Crippen LogP contribution in [-0.4, -0.2) is 145 Å². The molecule has 1 saturated heterocycles. The zero-order chi connectivity index (χ0) is 55.7. The van der Waals surface area contributed by atoms with Crippen molar-refractivity contribution in [1.82, 2.24) is 25.3 Å². The largest absolute Gasteiger partial charge is 0.445 e.